The highest BCUT2D eigenvalue weighted by Gasteiger charge is 2.18. The van der Waals surface area contributed by atoms with Crippen molar-refractivity contribution in [2.45, 2.75) is 98.8 Å². The van der Waals surface area contributed by atoms with Crippen LogP contribution in [0.3, 0.4) is 0 Å². The zero-order valence-corrected chi connectivity index (χ0v) is 20.1. The van der Waals surface area contributed by atoms with Crippen molar-refractivity contribution in [1.82, 2.24) is 4.90 Å². The number of hydrogen-bond donors (Lipinski definition) is 0. The topological polar surface area (TPSA) is 37.4 Å². The van der Waals surface area contributed by atoms with E-state index >= 15 is 0 Å². The molecule has 168 valence electrons. The van der Waals surface area contributed by atoms with Crippen LogP contribution >= 0.6 is 0 Å². The van der Waals surface area contributed by atoms with E-state index in [9.17, 15) is 9.59 Å². The minimum atomic E-state index is 0.221. The Bertz CT molecular complexity index is 673. The summed E-state index contributed by atoms with van der Waals surface area (Å²) in [6.45, 7) is 12.0. The molecule has 0 aromatic rings. The van der Waals surface area contributed by atoms with Crippen molar-refractivity contribution in [3.05, 3.63) is 46.6 Å². The lowest BCUT2D eigenvalue weighted by Gasteiger charge is -2.15. The molecule has 3 nitrogen and oxygen atoms in total. The standard InChI is InChI=1S/C27H43NO2/c1-22(13-9-15-24(3)17-11-19-26(5)29)12-8-14-23(2)16-10-18-25(4)27(30)28-20-6-7-21-28/h13-14,17-18H,6-12,15-16,19-21H2,1-5H3. The molecule has 0 aromatic carbocycles. The third-order valence-electron chi connectivity index (χ3n) is 5.77. The van der Waals surface area contributed by atoms with Gasteiger partial charge >= 0.3 is 0 Å². The normalized spacial score (nSPS) is 16.4. The van der Waals surface area contributed by atoms with Gasteiger partial charge < -0.3 is 9.69 Å². The minimum absolute atomic E-state index is 0.221. The highest BCUT2D eigenvalue weighted by atomic mass is 16.2. The predicted molar refractivity (Wildman–Crippen MR) is 128 cm³/mol. The Morgan fingerprint density at radius 3 is 1.47 bits per heavy atom. The molecule has 0 aliphatic carbocycles. The van der Waals surface area contributed by atoms with E-state index < -0.39 is 0 Å². The number of likely N-dealkylation sites (tertiary alicyclic amines) is 1. The molecule has 0 bridgehead atoms. The number of ketones is 1. The van der Waals surface area contributed by atoms with Crippen LogP contribution in [0.5, 0.6) is 0 Å². The molecule has 1 rings (SSSR count). The molecule has 0 N–H and O–H groups in total. The largest absolute Gasteiger partial charge is 0.339 e. The molecule has 0 radical (unpaired) electrons. The second-order valence-electron chi connectivity index (χ2n) is 8.89. The number of amides is 1. The summed E-state index contributed by atoms with van der Waals surface area (Å²) < 4.78 is 0. The summed E-state index contributed by atoms with van der Waals surface area (Å²) in [4.78, 5) is 25.3. The maximum absolute atomic E-state index is 12.3. The fraction of sp³-hybridized carbons (Fsp3) is 0.630. The SMILES string of the molecule is CC(=O)CCC=C(C)CCC=C(C)CCC=C(C)CCC=C(C)C(=O)N1CCCC1. The molecule has 1 aliphatic rings. The van der Waals surface area contributed by atoms with Crippen LogP contribution in [0.25, 0.3) is 0 Å². The first kappa shape index (κ1) is 26.1. The van der Waals surface area contributed by atoms with Crippen molar-refractivity contribution < 1.29 is 9.59 Å². The maximum Gasteiger partial charge on any atom is 0.249 e. The zero-order valence-electron chi connectivity index (χ0n) is 20.1. The van der Waals surface area contributed by atoms with Gasteiger partial charge in [-0.05, 0) is 92.4 Å². The van der Waals surface area contributed by atoms with Gasteiger partial charge in [-0.3, -0.25) is 4.79 Å². The molecule has 0 saturated carbocycles. The van der Waals surface area contributed by atoms with E-state index in [4.69, 9.17) is 0 Å². The lowest BCUT2D eigenvalue weighted by molar-refractivity contribution is -0.126. The van der Waals surface area contributed by atoms with Crippen molar-refractivity contribution >= 4 is 11.7 Å². The third kappa shape index (κ3) is 11.9. The van der Waals surface area contributed by atoms with E-state index in [0.717, 1.165) is 76.5 Å². The van der Waals surface area contributed by atoms with Crippen molar-refractivity contribution in [3.8, 4) is 0 Å². The Hall–Kier alpha value is -1.90. The molecule has 0 spiro atoms. The zero-order chi connectivity index (χ0) is 22.4. The first-order chi connectivity index (χ1) is 14.3. The highest BCUT2D eigenvalue weighted by Crippen LogP contribution is 2.15. The molecule has 1 heterocycles. The molecule has 0 aromatic heterocycles. The van der Waals surface area contributed by atoms with Crippen LogP contribution in [0.2, 0.25) is 0 Å². The summed E-state index contributed by atoms with van der Waals surface area (Å²) in [5.41, 5.74) is 5.13. The van der Waals surface area contributed by atoms with Crippen LogP contribution < -0.4 is 0 Å². The van der Waals surface area contributed by atoms with Crippen LogP contribution in [0.4, 0.5) is 0 Å². The molecule has 3 heteroatoms. The van der Waals surface area contributed by atoms with Gasteiger partial charge in [0.2, 0.25) is 5.91 Å². The summed E-state index contributed by atoms with van der Waals surface area (Å²) >= 11 is 0. The second-order valence-corrected chi connectivity index (χ2v) is 8.89. The molecular weight excluding hydrogens is 370 g/mol. The van der Waals surface area contributed by atoms with Gasteiger partial charge in [-0.25, -0.2) is 0 Å². The van der Waals surface area contributed by atoms with Gasteiger partial charge in [0.1, 0.15) is 5.78 Å². The van der Waals surface area contributed by atoms with Crippen molar-refractivity contribution in [2.75, 3.05) is 13.1 Å². The summed E-state index contributed by atoms with van der Waals surface area (Å²) in [6, 6.07) is 0. The first-order valence-electron chi connectivity index (χ1n) is 11.7. The predicted octanol–water partition coefficient (Wildman–Crippen LogP) is 7.10. The highest BCUT2D eigenvalue weighted by molar-refractivity contribution is 5.92. The van der Waals surface area contributed by atoms with Gasteiger partial charge in [0.25, 0.3) is 0 Å². The van der Waals surface area contributed by atoms with Crippen LogP contribution in [0, 0.1) is 0 Å². The number of carbonyl (C=O) groups excluding carboxylic acids is 2. The maximum atomic E-state index is 12.3. The van der Waals surface area contributed by atoms with Crippen LogP contribution in [0.1, 0.15) is 98.8 Å². The van der Waals surface area contributed by atoms with Crippen molar-refractivity contribution in [2.24, 2.45) is 0 Å². The van der Waals surface area contributed by atoms with Crippen LogP contribution in [0.15, 0.2) is 46.6 Å². The smallest absolute Gasteiger partial charge is 0.249 e. The van der Waals surface area contributed by atoms with Gasteiger partial charge in [-0.2, -0.15) is 0 Å². The summed E-state index contributed by atoms with van der Waals surface area (Å²) in [7, 11) is 0. The second kappa shape index (κ2) is 15.0. The quantitative estimate of drug-likeness (QED) is 0.238. The molecule has 30 heavy (non-hydrogen) atoms. The lowest BCUT2D eigenvalue weighted by Crippen LogP contribution is -2.28. The van der Waals surface area contributed by atoms with Gasteiger partial charge in [0.15, 0.2) is 0 Å². The Kier molecular flexibility index (Phi) is 13.1. The van der Waals surface area contributed by atoms with Crippen LogP contribution in [-0.2, 0) is 9.59 Å². The van der Waals surface area contributed by atoms with Gasteiger partial charge in [-0.15, -0.1) is 0 Å². The summed E-state index contributed by atoms with van der Waals surface area (Å²) in [6.07, 6.45) is 19.1. The number of carbonyl (C=O) groups is 2. The number of nitrogens with zero attached hydrogens (tertiary/aromatic N) is 1. The van der Waals surface area contributed by atoms with Gasteiger partial charge in [-0.1, -0.05) is 41.0 Å². The van der Waals surface area contributed by atoms with Gasteiger partial charge in [0, 0.05) is 25.1 Å². The monoisotopic (exact) mass is 413 g/mol. The van der Waals surface area contributed by atoms with Gasteiger partial charge in [0.05, 0.1) is 0 Å². The molecule has 1 amide bonds. The number of allylic oxidation sites excluding steroid dienone is 7. The average molecular weight is 414 g/mol. The average Bonchev–Trinajstić information content (AvgIpc) is 3.21. The molecule has 0 unspecified atom stereocenters. The van der Waals surface area contributed by atoms with Crippen LogP contribution in [-0.4, -0.2) is 29.7 Å². The van der Waals surface area contributed by atoms with E-state index in [2.05, 4.69) is 45.1 Å². The van der Waals surface area contributed by atoms with Crippen molar-refractivity contribution in [3.63, 3.8) is 0 Å². The molecule has 1 aliphatic heterocycles. The van der Waals surface area contributed by atoms with E-state index in [1.165, 1.54) is 16.7 Å². The minimum Gasteiger partial charge on any atom is -0.339 e. The lowest BCUT2D eigenvalue weighted by atomic mass is 10.0. The first-order valence-corrected chi connectivity index (χ1v) is 11.7. The Morgan fingerprint density at radius 2 is 1.03 bits per heavy atom. The number of rotatable bonds is 13. The Labute approximate surface area is 185 Å². The van der Waals surface area contributed by atoms with E-state index in [-0.39, 0.29) is 11.7 Å². The van der Waals surface area contributed by atoms with E-state index in [0.29, 0.717) is 6.42 Å². The molecule has 1 saturated heterocycles. The van der Waals surface area contributed by atoms with Crippen molar-refractivity contribution in [1.29, 1.82) is 0 Å². The summed E-state index contributed by atoms with van der Waals surface area (Å²) in [5.74, 6) is 0.485. The van der Waals surface area contributed by atoms with E-state index in [1.54, 1.807) is 6.92 Å². The number of hydrogen-bond acceptors (Lipinski definition) is 2. The Balaban J connectivity index is 2.25. The molecular formula is C27H43NO2. The fourth-order valence-corrected chi connectivity index (χ4v) is 3.69. The third-order valence-corrected chi connectivity index (χ3v) is 5.77. The molecule has 0 atom stereocenters. The Morgan fingerprint density at radius 1 is 0.633 bits per heavy atom. The number of Topliss-reactive ketones (excluding diaryl/α,β-unsaturated/α-hetero) is 1. The summed E-state index contributed by atoms with van der Waals surface area (Å²) in [5, 5.41) is 0. The fourth-order valence-electron chi connectivity index (χ4n) is 3.69. The molecule has 1 fully saturated rings. The van der Waals surface area contributed by atoms with E-state index in [1.807, 2.05) is 11.8 Å².